The lowest BCUT2D eigenvalue weighted by atomic mass is 9.81. The Morgan fingerprint density at radius 1 is 1.21 bits per heavy atom. The topological polar surface area (TPSA) is 57.6 Å². The molecule has 1 aliphatic heterocycles. The van der Waals surface area contributed by atoms with Crippen molar-refractivity contribution >= 4 is 11.9 Å². The van der Waals surface area contributed by atoms with Crippen LogP contribution < -0.4 is 0 Å². The van der Waals surface area contributed by atoms with Gasteiger partial charge in [-0.05, 0) is 31.6 Å². The zero-order valence-corrected chi connectivity index (χ0v) is 11.7. The minimum atomic E-state index is -0.844. The van der Waals surface area contributed by atoms with Gasteiger partial charge in [0, 0.05) is 12.6 Å². The van der Waals surface area contributed by atoms with Gasteiger partial charge < -0.3 is 10.0 Å². The molecule has 1 saturated heterocycles. The number of carbonyl (C=O) groups is 2. The summed E-state index contributed by atoms with van der Waals surface area (Å²) in [6.45, 7) is 5.05. The molecule has 4 nitrogen and oxygen atoms in total. The summed E-state index contributed by atoms with van der Waals surface area (Å²) in [4.78, 5) is 25.9. The van der Waals surface area contributed by atoms with Crippen molar-refractivity contribution in [1.82, 2.24) is 4.90 Å². The number of hydrogen-bond acceptors (Lipinski definition) is 2. The Morgan fingerprint density at radius 3 is 2.42 bits per heavy atom. The molecular formula is C15H23NO3. The fourth-order valence-corrected chi connectivity index (χ4v) is 3.33. The van der Waals surface area contributed by atoms with Gasteiger partial charge in [-0.3, -0.25) is 9.59 Å². The van der Waals surface area contributed by atoms with Gasteiger partial charge in [-0.25, -0.2) is 0 Å². The Labute approximate surface area is 114 Å². The van der Waals surface area contributed by atoms with Gasteiger partial charge in [-0.2, -0.15) is 0 Å². The van der Waals surface area contributed by atoms with E-state index in [4.69, 9.17) is 0 Å². The molecule has 1 fully saturated rings. The minimum Gasteiger partial charge on any atom is -0.481 e. The quantitative estimate of drug-likeness (QED) is 0.797. The van der Waals surface area contributed by atoms with Crippen molar-refractivity contribution < 1.29 is 14.7 Å². The summed E-state index contributed by atoms with van der Waals surface area (Å²) in [5, 5.41) is 9.27. The Balaban J connectivity index is 2.13. The van der Waals surface area contributed by atoms with Crippen LogP contribution in [0, 0.1) is 17.8 Å². The van der Waals surface area contributed by atoms with Crippen LogP contribution >= 0.6 is 0 Å². The molecule has 0 spiro atoms. The first kappa shape index (κ1) is 14.1. The van der Waals surface area contributed by atoms with E-state index in [1.807, 2.05) is 17.1 Å². The molecule has 1 amide bonds. The van der Waals surface area contributed by atoms with Gasteiger partial charge in [-0.15, -0.1) is 0 Å². The fraction of sp³-hybridized carbons (Fsp3) is 0.733. The summed E-state index contributed by atoms with van der Waals surface area (Å²) < 4.78 is 0. The van der Waals surface area contributed by atoms with Gasteiger partial charge in [0.05, 0.1) is 11.8 Å². The SMILES string of the molecule is CC(C)C1CCCN1C(=O)C1CC=CCC1C(=O)O. The van der Waals surface area contributed by atoms with Gasteiger partial charge in [0.1, 0.15) is 0 Å². The van der Waals surface area contributed by atoms with Crippen molar-refractivity contribution in [2.45, 2.75) is 45.6 Å². The first-order valence-electron chi connectivity index (χ1n) is 7.20. The highest BCUT2D eigenvalue weighted by molar-refractivity contribution is 5.85. The average Bonchev–Trinajstić information content (AvgIpc) is 2.87. The van der Waals surface area contributed by atoms with E-state index in [2.05, 4.69) is 13.8 Å². The maximum atomic E-state index is 12.7. The number of carboxylic acid groups (broad SMARTS) is 1. The van der Waals surface area contributed by atoms with Gasteiger partial charge in [0.25, 0.3) is 0 Å². The molecule has 106 valence electrons. The lowest BCUT2D eigenvalue weighted by Crippen LogP contribution is -2.45. The number of rotatable bonds is 3. The summed E-state index contributed by atoms with van der Waals surface area (Å²) in [6.07, 6.45) is 6.95. The van der Waals surface area contributed by atoms with Gasteiger partial charge in [-0.1, -0.05) is 26.0 Å². The summed E-state index contributed by atoms with van der Waals surface area (Å²) in [7, 11) is 0. The Kier molecular flexibility index (Phi) is 4.27. The molecule has 3 atom stereocenters. The third kappa shape index (κ3) is 2.82. The molecule has 0 bridgehead atoms. The van der Waals surface area contributed by atoms with Crippen LogP contribution in [0.3, 0.4) is 0 Å². The lowest BCUT2D eigenvalue weighted by molar-refractivity contribution is -0.151. The van der Waals surface area contributed by atoms with Crippen LogP contribution in [0.5, 0.6) is 0 Å². The number of carbonyl (C=O) groups excluding carboxylic acids is 1. The molecule has 1 heterocycles. The molecule has 2 aliphatic rings. The van der Waals surface area contributed by atoms with E-state index in [1.54, 1.807) is 0 Å². The van der Waals surface area contributed by atoms with Crippen LogP contribution in [0.1, 0.15) is 39.5 Å². The highest BCUT2D eigenvalue weighted by atomic mass is 16.4. The number of carboxylic acids is 1. The molecule has 2 rings (SSSR count). The number of amides is 1. The molecule has 0 aromatic heterocycles. The van der Waals surface area contributed by atoms with Crippen molar-refractivity contribution in [2.24, 2.45) is 17.8 Å². The maximum Gasteiger partial charge on any atom is 0.307 e. The summed E-state index contributed by atoms with van der Waals surface area (Å²) in [5.74, 6) is -1.28. The number of allylic oxidation sites excluding steroid dienone is 2. The predicted molar refractivity (Wildman–Crippen MR) is 72.6 cm³/mol. The Morgan fingerprint density at radius 2 is 1.84 bits per heavy atom. The highest BCUT2D eigenvalue weighted by Gasteiger charge is 2.40. The summed E-state index contributed by atoms with van der Waals surface area (Å²) in [6, 6.07) is 0.285. The minimum absolute atomic E-state index is 0.0490. The zero-order chi connectivity index (χ0) is 14.0. The maximum absolute atomic E-state index is 12.7. The van der Waals surface area contributed by atoms with Crippen LogP contribution in [0.15, 0.2) is 12.2 Å². The van der Waals surface area contributed by atoms with Crippen LogP contribution in [0.4, 0.5) is 0 Å². The highest BCUT2D eigenvalue weighted by Crippen LogP contribution is 2.32. The smallest absolute Gasteiger partial charge is 0.307 e. The first-order chi connectivity index (χ1) is 9.02. The normalized spacial score (nSPS) is 30.9. The van der Waals surface area contributed by atoms with Crippen LogP contribution in [0.2, 0.25) is 0 Å². The van der Waals surface area contributed by atoms with E-state index in [0.717, 1.165) is 19.4 Å². The fourth-order valence-electron chi connectivity index (χ4n) is 3.33. The predicted octanol–water partition coefficient (Wildman–Crippen LogP) is 2.30. The van der Waals surface area contributed by atoms with E-state index in [1.165, 1.54) is 0 Å². The summed E-state index contributed by atoms with van der Waals surface area (Å²) >= 11 is 0. The van der Waals surface area contributed by atoms with E-state index < -0.39 is 11.9 Å². The van der Waals surface area contributed by atoms with Gasteiger partial charge >= 0.3 is 5.97 Å². The molecule has 0 radical (unpaired) electrons. The first-order valence-corrected chi connectivity index (χ1v) is 7.20. The number of aliphatic carboxylic acids is 1. The molecule has 0 saturated carbocycles. The van der Waals surface area contributed by atoms with Crippen molar-refractivity contribution in [3.63, 3.8) is 0 Å². The molecule has 0 aromatic carbocycles. The second-order valence-electron chi connectivity index (χ2n) is 5.98. The largest absolute Gasteiger partial charge is 0.481 e. The van der Waals surface area contributed by atoms with Gasteiger partial charge in [0.15, 0.2) is 0 Å². The summed E-state index contributed by atoms with van der Waals surface area (Å²) in [5.41, 5.74) is 0. The molecule has 1 aliphatic carbocycles. The van der Waals surface area contributed by atoms with E-state index >= 15 is 0 Å². The van der Waals surface area contributed by atoms with Gasteiger partial charge in [0.2, 0.25) is 5.91 Å². The molecule has 19 heavy (non-hydrogen) atoms. The number of nitrogens with zero attached hydrogens (tertiary/aromatic N) is 1. The van der Waals surface area contributed by atoms with Crippen molar-refractivity contribution in [2.75, 3.05) is 6.54 Å². The standard InChI is InChI=1S/C15H23NO3/c1-10(2)13-8-5-9-16(13)14(17)11-6-3-4-7-12(11)15(18)19/h3-4,10-13H,5-9H2,1-2H3,(H,18,19). The van der Waals surface area contributed by atoms with Crippen LogP contribution in [-0.4, -0.2) is 34.5 Å². The van der Waals surface area contributed by atoms with Crippen LogP contribution in [0.25, 0.3) is 0 Å². The Hall–Kier alpha value is -1.32. The molecular weight excluding hydrogens is 242 g/mol. The number of likely N-dealkylation sites (tertiary alicyclic amines) is 1. The molecule has 4 heteroatoms. The zero-order valence-electron chi connectivity index (χ0n) is 11.7. The van der Waals surface area contributed by atoms with Crippen molar-refractivity contribution in [1.29, 1.82) is 0 Å². The lowest BCUT2D eigenvalue weighted by Gasteiger charge is -2.33. The van der Waals surface area contributed by atoms with Crippen LogP contribution in [-0.2, 0) is 9.59 Å². The third-order valence-electron chi connectivity index (χ3n) is 4.42. The van der Waals surface area contributed by atoms with E-state index in [0.29, 0.717) is 18.8 Å². The Bertz CT molecular complexity index is 389. The molecule has 1 N–H and O–H groups in total. The third-order valence-corrected chi connectivity index (χ3v) is 4.42. The van der Waals surface area contributed by atoms with E-state index in [9.17, 15) is 14.7 Å². The second kappa shape index (κ2) is 5.76. The van der Waals surface area contributed by atoms with E-state index in [-0.39, 0.29) is 17.9 Å². The number of hydrogen-bond donors (Lipinski definition) is 1. The second-order valence-corrected chi connectivity index (χ2v) is 5.98. The van der Waals surface area contributed by atoms with Crippen molar-refractivity contribution in [3.8, 4) is 0 Å². The average molecular weight is 265 g/mol. The van der Waals surface area contributed by atoms with Crippen molar-refractivity contribution in [3.05, 3.63) is 12.2 Å². The molecule has 0 aromatic rings. The molecule has 3 unspecified atom stereocenters. The monoisotopic (exact) mass is 265 g/mol.